The molecule has 1 aromatic rings. The van der Waals surface area contributed by atoms with Crippen LogP contribution < -0.4 is 5.32 Å². The maximum atomic E-state index is 10.9. The molecule has 1 fully saturated rings. The Morgan fingerprint density at radius 2 is 2.29 bits per heavy atom. The van der Waals surface area contributed by atoms with Gasteiger partial charge in [-0.25, -0.2) is 0 Å². The molecule has 0 bridgehead atoms. The Balaban J connectivity index is 1.98. The summed E-state index contributed by atoms with van der Waals surface area (Å²) in [4.78, 5) is 10.9. The first-order valence-electron chi connectivity index (χ1n) is 5.82. The molecule has 1 aromatic carbocycles. The maximum absolute atomic E-state index is 10.9. The maximum Gasteiger partial charge on any atom is 0.308 e. The standard InChI is InChI=1S/C13H16BrNO2/c1-8(9-3-2-4-10(14)7-9)15-12-6-5-11(12)13(16)17/h2-4,7-8,11-12,15H,5-6H2,1H3,(H,16,17)/t8-,11?,12?/m0/s1. The lowest BCUT2D eigenvalue weighted by atomic mass is 9.79. The van der Waals surface area contributed by atoms with E-state index in [0.717, 1.165) is 17.3 Å². The SMILES string of the molecule is C[C@H](NC1CCC1C(=O)O)c1cccc(Br)c1. The smallest absolute Gasteiger partial charge is 0.308 e. The van der Waals surface area contributed by atoms with Crippen molar-refractivity contribution in [3.63, 3.8) is 0 Å². The molecule has 2 N–H and O–H groups in total. The number of hydrogen-bond acceptors (Lipinski definition) is 2. The van der Waals surface area contributed by atoms with Crippen LogP contribution in [0.15, 0.2) is 28.7 Å². The van der Waals surface area contributed by atoms with Crippen LogP contribution >= 0.6 is 15.9 Å². The summed E-state index contributed by atoms with van der Waals surface area (Å²) in [6.07, 6.45) is 1.74. The zero-order valence-corrected chi connectivity index (χ0v) is 11.3. The summed E-state index contributed by atoms with van der Waals surface area (Å²) < 4.78 is 1.05. The molecule has 0 heterocycles. The van der Waals surface area contributed by atoms with Crippen molar-refractivity contribution < 1.29 is 9.90 Å². The number of carboxylic acids is 1. The van der Waals surface area contributed by atoms with Crippen LogP contribution in [-0.2, 0) is 4.79 Å². The van der Waals surface area contributed by atoms with Gasteiger partial charge in [-0.05, 0) is 37.5 Å². The molecule has 1 saturated carbocycles. The van der Waals surface area contributed by atoms with Gasteiger partial charge in [0.15, 0.2) is 0 Å². The molecule has 3 nitrogen and oxygen atoms in total. The topological polar surface area (TPSA) is 49.3 Å². The summed E-state index contributed by atoms with van der Waals surface area (Å²) in [6, 6.07) is 8.39. The molecule has 92 valence electrons. The molecule has 0 aliphatic heterocycles. The summed E-state index contributed by atoms with van der Waals surface area (Å²) in [6.45, 7) is 2.07. The van der Waals surface area contributed by atoms with Crippen molar-refractivity contribution >= 4 is 21.9 Å². The molecule has 2 unspecified atom stereocenters. The molecular formula is C13H16BrNO2. The quantitative estimate of drug-likeness (QED) is 0.898. The van der Waals surface area contributed by atoms with Gasteiger partial charge in [0, 0.05) is 16.6 Å². The largest absolute Gasteiger partial charge is 0.481 e. The monoisotopic (exact) mass is 297 g/mol. The van der Waals surface area contributed by atoms with E-state index in [4.69, 9.17) is 5.11 Å². The van der Waals surface area contributed by atoms with Crippen molar-refractivity contribution in [1.82, 2.24) is 5.32 Å². The summed E-state index contributed by atoms with van der Waals surface area (Å²) in [5.74, 6) is -0.903. The lowest BCUT2D eigenvalue weighted by Crippen LogP contribution is -2.48. The lowest BCUT2D eigenvalue weighted by molar-refractivity contribution is -0.146. The van der Waals surface area contributed by atoms with Gasteiger partial charge in [-0.2, -0.15) is 0 Å². The Kier molecular flexibility index (Phi) is 3.84. The van der Waals surface area contributed by atoms with Crippen LogP contribution in [0.4, 0.5) is 0 Å². The Hall–Kier alpha value is -0.870. The summed E-state index contributed by atoms with van der Waals surface area (Å²) in [5.41, 5.74) is 1.18. The summed E-state index contributed by atoms with van der Waals surface area (Å²) >= 11 is 3.44. The molecule has 0 aromatic heterocycles. The van der Waals surface area contributed by atoms with Crippen molar-refractivity contribution in [2.45, 2.75) is 31.8 Å². The summed E-state index contributed by atoms with van der Waals surface area (Å²) in [5, 5.41) is 12.4. The van der Waals surface area contributed by atoms with E-state index >= 15 is 0 Å². The number of aliphatic carboxylic acids is 1. The van der Waals surface area contributed by atoms with E-state index in [1.54, 1.807) is 0 Å². The van der Waals surface area contributed by atoms with E-state index in [-0.39, 0.29) is 18.0 Å². The van der Waals surface area contributed by atoms with Crippen LogP contribution in [0.5, 0.6) is 0 Å². The molecule has 0 spiro atoms. The van der Waals surface area contributed by atoms with Crippen LogP contribution in [-0.4, -0.2) is 17.1 Å². The number of hydrogen-bond donors (Lipinski definition) is 2. The van der Waals surface area contributed by atoms with Crippen LogP contribution in [0.2, 0.25) is 0 Å². The number of nitrogens with one attached hydrogen (secondary N) is 1. The van der Waals surface area contributed by atoms with Crippen molar-refractivity contribution in [3.05, 3.63) is 34.3 Å². The van der Waals surface area contributed by atoms with E-state index < -0.39 is 5.97 Å². The fourth-order valence-electron chi connectivity index (χ4n) is 2.19. The molecule has 17 heavy (non-hydrogen) atoms. The number of rotatable bonds is 4. The minimum atomic E-state index is -0.685. The molecule has 0 saturated heterocycles. The van der Waals surface area contributed by atoms with Gasteiger partial charge in [0.1, 0.15) is 0 Å². The van der Waals surface area contributed by atoms with Crippen LogP contribution in [0, 0.1) is 5.92 Å². The van der Waals surface area contributed by atoms with E-state index in [0.29, 0.717) is 0 Å². The van der Waals surface area contributed by atoms with Gasteiger partial charge in [-0.1, -0.05) is 28.1 Å². The van der Waals surface area contributed by atoms with Gasteiger partial charge in [0.2, 0.25) is 0 Å². The molecule has 0 amide bonds. The molecular weight excluding hydrogens is 282 g/mol. The number of carboxylic acid groups (broad SMARTS) is 1. The van der Waals surface area contributed by atoms with Gasteiger partial charge in [-0.15, -0.1) is 0 Å². The highest BCUT2D eigenvalue weighted by molar-refractivity contribution is 9.10. The number of carbonyl (C=O) groups is 1. The number of benzene rings is 1. The van der Waals surface area contributed by atoms with Crippen LogP contribution in [0.1, 0.15) is 31.4 Å². The van der Waals surface area contributed by atoms with Gasteiger partial charge >= 0.3 is 5.97 Å². The Morgan fingerprint density at radius 1 is 1.53 bits per heavy atom. The predicted octanol–water partition coefficient (Wildman–Crippen LogP) is 2.96. The van der Waals surface area contributed by atoms with Gasteiger partial charge in [0.05, 0.1) is 5.92 Å². The van der Waals surface area contributed by atoms with Gasteiger partial charge in [0.25, 0.3) is 0 Å². The Bertz CT molecular complexity index is 422. The van der Waals surface area contributed by atoms with Gasteiger partial charge in [-0.3, -0.25) is 4.79 Å². The second-order valence-electron chi connectivity index (χ2n) is 4.57. The predicted molar refractivity (Wildman–Crippen MR) is 69.8 cm³/mol. The minimum absolute atomic E-state index is 0.112. The highest BCUT2D eigenvalue weighted by Gasteiger charge is 2.37. The zero-order valence-electron chi connectivity index (χ0n) is 9.69. The third-order valence-corrected chi connectivity index (χ3v) is 3.90. The molecule has 2 rings (SSSR count). The Labute approximate surface area is 109 Å². The van der Waals surface area contributed by atoms with Gasteiger partial charge < -0.3 is 10.4 Å². The van der Waals surface area contributed by atoms with Crippen molar-refractivity contribution in [1.29, 1.82) is 0 Å². The van der Waals surface area contributed by atoms with E-state index in [9.17, 15) is 4.79 Å². The van der Waals surface area contributed by atoms with Crippen molar-refractivity contribution in [2.75, 3.05) is 0 Å². The fourth-order valence-corrected chi connectivity index (χ4v) is 2.61. The highest BCUT2D eigenvalue weighted by atomic mass is 79.9. The molecule has 3 atom stereocenters. The normalized spacial score (nSPS) is 25.1. The van der Waals surface area contributed by atoms with Crippen LogP contribution in [0.3, 0.4) is 0 Å². The average molecular weight is 298 g/mol. The lowest BCUT2D eigenvalue weighted by Gasteiger charge is -2.36. The fraction of sp³-hybridized carbons (Fsp3) is 0.462. The van der Waals surface area contributed by atoms with Crippen molar-refractivity contribution in [3.8, 4) is 0 Å². The second-order valence-corrected chi connectivity index (χ2v) is 5.49. The first-order valence-corrected chi connectivity index (χ1v) is 6.61. The molecule has 4 heteroatoms. The van der Waals surface area contributed by atoms with Crippen LogP contribution in [0.25, 0.3) is 0 Å². The third kappa shape index (κ3) is 2.87. The zero-order chi connectivity index (χ0) is 12.4. The van der Waals surface area contributed by atoms with E-state index in [1.807, 2.05) is 12.1 Å². The number of halogens is 1. The third-order valence-electron chi connectivity index (χ3n) is 3.40. The molecule has 1 aliphatic carbocycles. The van der Waals surface area contributed by atoms with E-state index in [1.165, 1.54) is 5.56 Å². The highest BCUT2D eigenvalue weighted by Crippen LogP contribution is 2.30. The Morgan fingerprint density at radius 3 is 2.82 bits per heavy atom. The minimum Gasteiger partial charge on any atom is -0.481 e. The molecule has 0 radical (unpaired) electrons. The average Bonchev–Trinajstić information content (AvgIpc) is 2.23. The van der Waals surface area contributed by atoms with Crippen molar-refractivity contribution in [2.24, 2.45) is 5.92 Å². The molecule has 1 aliphatic rings. The van der Waals surface area contributed by atoms with E-state index in [2.05, 4.69) is 40.3 Å². The first-order chi connectivity index (χ1) is 8.08. The second kappa shape index (κ2) is 5.19. The first kappa shape index (κ1) is 12.6. The summed E-state index contributed by atoms with van der Waals surface area (Å²) in [7, 11) is 0.